The molecule has 0 saturated carbocycles. The molecule has 106 valence electrons. The molecule has 1 aliphatic rings. The average Bonchev–Trinajstić information content (AvgIpc) is 3.10. The van der Waals surface area contributed by atoms with Gasteiger partial charge in [0.05, 0.1) is 17.7 Å². The van der Waals surface area contributed by atoms with E-state index in [1.54, 1.807) is 6.07 Å². The van der Waals surface area contributed by atoms with Crippen molar-refractivity contribution in [2.45, 2.75) is 18.9 Å². The molecule has 5 heteroatoms. The van der Waals surface area contributed by atoms with Gasteiger partial charge in [0.1, 0.15) is 0 Å². The number of likely N-dealkylation sites (tertiary alicyclic amines) is 1. The van der Waals surface area contributed by atoms with E-state index in [9.17, 15) is 4.79 Å². The summed E-state index contributed by atoms with van der Waals surface area (Å²) in [4.78, 5) is 15.8. The predicted molar refractivity (Wildman–Crippen MR) is 79.8 cm³/mol. The Hall–Kier alpha value is -2.74. The number of aromatic amines is 1. The molecular weight excluding hydrogens is 266 g/mol. The SMILES string of the molecule is N#Cc1ccc2cc(C=C[C@@H]3CCCN3C(=O)O)[nH]c2c1. The fraction of sp³-hybridized carbons (Fsp3) is 0.250. The number of hydrogen-bond acceptors (Lipinski definition) is 2. The van der Waals surface area contributed by atoms with Gasteiger partial charge in [0.15, 0.2) is 0 Å². The van der Waals surface area contributed by atoms with Gasteiger partial charge in [0.2, 0.25) is 0 Å². The highest BCUT2D eigenvalue weighted by molar-refractivity contribution is 5.83. The second-order valence-corrected chi connectivity index (χ2v) is 5.18. The molecule has 0 aliphatic carbocycles. The number of nitrogens with one attached hydrogen (secondary N) is 1. The van der Waals surface area contributed by atoms with Gasteiger partial charge in [-0.05, 0) is 37.1 Å². The largest absolute Gasteiger partial charge is 0.465 e. The molecule has 21 heavy (non-hydrogen) atoms. The summed E-state index contributed by atoms with van der Waals surface area (Å²) in [5.74, 6) is 0. The maximum absolute atomic E-state index is 11.1. The Balaban J connectivity index is 1.83. The van der Waals surface area contributed by atoms with Gasteiger partial charge in [-0.25, -0.2) is 4.79 Å². The second-order valence-electron chi connectivity index (χ2n) is 5.18. The van der Waals surface area contributed by atoms with Crippen LogP contribution in [0.1, 0.15) is 24.1 Å². The number of H-pyrrole nitrogens is 1. The number of carbonyl (C=O) groups is 1. The molecule has 1 aromatic carbocycles. The fourth-order valence-corrected chi connectivity index (χ4v) is 2.75. The lowest BCUT2D eigenvalue weighted by Crippen LogP contribution is -2.32. The van der Waals surface area contributed by atoms with E-state index in [0.29, 0.717) is 12.1 Å². The van der Waals surface area contributed by atoms with Crippen LogP contribution in [-0.2, 0) is 0 Å². The molecule has 0 spiro atoms. The maximum atomic E-state index is 11.1. The minimum atomic E-state index is -0.863. The van der Waals surface area contributed by atoms with Gasteiger partial charge in [-0.15, -0.1) is 0 Å². The molecule has 5 nitrogen and oxygen atoms in total. The quantitative estimate of drug-likeness (QED) is 0.887. The lowest BCUT2D eigenvalue weighted by Gasteiger charge is -2.17. The Bertz CT molecular complexity index is 754. The van der Waals surface area contributed by atoms with Crippen LogP contribution in [0.2, 0.25) is 0 Å². The topological polar surface area (TPSA) is 80.1 Å². The average molecular weight is 281 g/mol. The number of benzene rings is 1. The smallest absolute Gasteiger partial charge is 0.407 e. The molecule has 2 N–H and O–H groups in total. The Morgan fingerprint density at radius 2 is 2.33 bits per heavy atom. The van der Waals surface area contributed by atoms with E-state index >= 15 is 0 Å². The summed E-state index contributed by atoms with van der Waals surface area (Å²) in [5.41, 5.74) is 2.44. The summed E-state index contributed by atoms with van der Waals surface area (Å²) in [5, 5.41) is 19.0. The van der Waals surface area contributed by atoms with Crippen molar-refractivity contribution >= 4 is 23.1 Å². The van der Waals surface area contributed by atoms with E-state index in [1.807, 2.05) is 30.4 Å². The predicted octanol–water partition coefficient (Wildman–Crippen LogP) is 3.20. The zero-order valence-corrected chi connectivity index (χ0v) is 11.4. The van der Waals surface area contributed by atoms with E-state index in [4.69, 9.17) is 10.4 Å². The molecule has 0 bridgehead atoms. The summed E-state index contributed by atoms with van der Waals surface area (Å²) in [6, 6.07) is 9.55. The molecule has 1 atom stereocenters. The van der Waals surface area contributed by atoms with E-state index in [-0.39, 0.29) is 6.04 Å². The van der Waals surface area contributed by atoms with Gasteiger partial charge in [0, 0.05) is 23.1 Å². The molecule has 1 aliphatic heterocycles. The molecule has 1 saturated heterocycles. The first-order valence-corrected chi connectivity index (χ1v) is 6.88. The molecular formula is C16H15N3O2. The third kappa shape index (κ3) is 2.61. The highest BCUT2D eigenvalue weighted by Crippen LogP contribution is 2.21. The van der Waals surface area contributed by atoms with Crippen LogP contribution in [0.25, 0.3) is 17.0 Å². The number of fused-ring (bicyclic) bond motifs is 1. The van der Waals surface area contributed by atoms with Gasteiger partial charge in [0.25, 0.3) is 0 Å². The van der Waals surface area contributed by atoms with Crippen molar-refractivity contribution in [3.8, 4) is 6.07 Å². The highest BCUT2D eigenvalue weighted by Gasteiger charge is 2.26. The van der Waals surface area contributed by atoms with Crippen LogP contribution in [0.15, 0.2) is 30.3 Å². The van der Waals surface area contributed by atoms with Crippen molar-refractivity contribution in [2.24, 2.45) is 0 Å². The monoisotopic (exact) mass is 281 g/mol. The van der Waals surface area contributed by atoms with Crippen molar-refractivity contribution in [2.75, 3.05) is 6.54 Å². The first-order valence-electron chi connectivity index (χ1n) is 6.88. The molecule has 3 rings (SSSR count). The number of aromatic nitrogens is 1. The van der Waals surface area contributed by atoms with Crippen LogP contribution >= 0.6 is 0 Å². The summed E-state index contributed by atoms with van der Waals surface area (Å²) < 4.78 is 0. The zero-order chi connectivity index (χ0) is 14.8. The number of nitrogens with zero attached hydrogens (tertiary/aromatic N) is 2. The molecule has 1 amide bonds. The van der Waals surface area contributed by atoms with Gasteiger partial charge < -0.3 is 15.0 Å². The van der Waals surface area contributed by atoms with Crippen molar-refractivity contribution in [3.63, 3.8) is 0 Å². The van der Waals surface area contributed by atoms with Gasteiger partial charge in [-0.2, -0.15) is 5.26 Å². The normalized spacial score (nSPS) is 18.4. The zero-order valence-electron chi connectivity index (χ0n) is 11.4. The Morgan fingerprint density at radius 3 is 3.10 bits per heavy atom. The van der Waals surface area contributed by atoms with E-state index in [1.165, 1.54) is 4.90 Å². The van der Waals surface area contributed by atoms with Crippen LogP contribution in [0, 0.1) is 11.3 Å². The summed E-state index contributed by atoms with van der Waals surface area (Å²) in [7, 11) is 0. The Morgan fingerprint density at radius 1 is 1.48 bits per heavy atom. The van der Waals surface area contributed by atoms with Gasteiger partial charge in [-0.3, -0.25) is 0 Å². The Kier molecular flexibility index (Phi) is 3.36. The van der Waals surface area contributed by atoms with Crippen molar-refractivity contribution in [1.82, 2.24) is 9.88 Å². The van der Waals surface area contributed by atoms with Crippen LogP contribution in [-0.4, -0.2) is 33.7 Å². The lowest BCUT2D eigenvalue weighted by molar-refractivity contribution is 0.147. The van der Waals surface area contributed by atoms with Crippen LogP contribution in [0.5, 0.6) is 0 Å². The van der Waals surface area contributed by atoms with E-state index in [2.05, 4.69) is 11.1 Å². The highest BCUT2D eigenvalue weighted by atomic mass is 16.4. The van der Waals surface area contributed by atoms with Crippen LogP contribution < -0.4 is 0 Å². The minimum absolute atomic E-state index is 0.0522. The number of amides is 1. The van der Waals surface area contributed by atoms with Crippen molar-refractivity contribution in [3.05, 3.63) is 41.6 Å². The summed E-state index contributed by atoms with van der Waals surface area (Å²) >= 11 is 0. The summed E-state index contributed by atoms with van der Waals surface area (Å²) in [6.07, 6.45) is 4.74. The first-order chi connectivity index (χ1) is 10.2. The van der Waals surface area contributed by atoms with Gasteiger partial charge in [-0.1, -0.05) is 12.1 Å². The number of carboxylic acid groups (broad SMARTS) is 1. The molecule has 2 aromatic rings. The molecule has 0 radical (unpaired) electrons. The van der Waals surface area contributed by atoms with Gasteiger partial charge >= 0.3 is 6.09 Å². The minimum Gasteiger partial charge on any atom is -0.465 e. The Labute approximate surface area is 122 Å². The van der Waals surface area contributed by atoms with Crippen molar-refractivity contribution in [1.29, 1.82) is 5.26 Å². The third-order valence-corrected chi connectivity index (χ3v) is 3.82. The van der Waals surface area contributed by atoms with Crippen LogP contribution in [0.4, 0.5) is 4.79 Å². The lowest BCUT2D eigenvalue weighted by atomic mass is 10.2. The molecule has 1 fully saturated rings. The standard InChI is InChI=1S/C16H15N3O2/c17-10-11-3-4-12-9-13(18-15(12)8-11)5-6-14-2-1-7-19(14)16(20)21/h3-6,8-9,14,18H,1-2,7H2,(H,20,21)/t14-/m0/s1. The van der Waals surface area contributed by atoms with Crippen LogP contribution in [0.3, 0.4) is 0 Å². The number of hydrogen-bond donors (Lipinski definition) is 2. The first kappa shape index (κ1) is 13.3. The molecule has 2 heterocycles. The molecule has 0 unspecified atom stereocenters. The van der Waals surface area contributed by atoms with E-state index in [0.717, 1.165) is 29.4 Å². The maximum Gasteiger partial charge on any atom is 0.407 e. The van der Waals surface area contributed by atoms with E-state index < -0.39 is 6.09 Å². The van der Waals surface area contributed by atoms with Crippen molar-refractivity contribution < 1.29 is 9.90 Å². The number of nitriles is 1. The third-order valence-electron chi connectivity index (χ3n) is 3.82. The summed E-state index contributed by atoms with van der Waals surface area (Å²) in [6.45, 7) is 0.600. The fourth-order valence-electron chi connectivity index (χ4n) is 2.75. The number of rotatable bonds is 2. The second kappa shape index (κ2) is 5.33. The molecule has 1 aromatic heterocycles.